The molecule has 0 saturated carbocycles. The van der Waals surface area contributed by atoms with Crippen molar-refractivity contribution in [3.63, 3.8) is 0 Å². The van der Waals surface area contributed by atoms with Gasteiger partial charge in [-0.05, 0) is 61.6 Å². The van der Waals surface area contributed by atoms with Crippen molar-refractivity contribution in [3.05, 3.63) is 40.3 Å². The van der Waals surface area contributed by atoms with Gasteiger partial charge in [-0.2, -0.15) is 0 Å². The lowest BCUT2D eigenvalue weighted by Gasteiger charge is -2.28. The van der Waals surface area contributed by atoms with Gasteiger partial charge in [0, 0.05) is 10.9 Å². The van der Waals surface area contributed by atoms with Gasteiger partial charge in [0.25, 0.3) is 10.0 Å². The largest absolute Gasteiger partial charge is 0.486 e. The second-order valence-corrected chi connectivity index (χ2v) is 9.35. The third kappa shape index (κ3) is 2.92. The Morgan fingerprint density at radius 3 is 2.62 bits per heavy atom. The maximum atomic E-state index is 12.7. The van der Waals surface area contributed by atoms with E-state index in [0.29, 0.717) is 23.2 Å². The standard InChI is InChI=1S/C17H19NO4S2/c1-11-5-6-17(23-11)24(19,20)18-14-4-2-3-12-9-15-16(10-13(12)14)22-8-7-21-15/h5-6,9-10,14,18H,2-4,7-8H2,1H3. The van der Waals surface area contributed by atoms with E-state index < -0.39 is 10.0 Å². The van der Waals surface area contributed by atoms with Crippen molar-refractivity contribution in [2.24, 2.45) is 0 Å². The van der Waals surface area contributed by atoms with Crippen molar-refractivity contribution >= 4 is 21.4 Å². The minimum Gasteiger partial charge on any atom is -0.486 e. The Hall–Kier alpha value is -1.57. The van der Waals surface area contributed by atoms with Crippen molar-refractivity contribution < 1.29 is 17.9 Å². The first-order valence-corrected chi connectivity index (χ1v) is 10.3. The molecule has 4 rings (SSSR count). The summed E-state index contributed by atoms with van der Waals surface area (Å²) in [5.41, 5.74) is 2.14. The van der Waals surface area contributed by atoms with Gasteiger partial charge in [0.2, 0.25) is 0 Å². The Balaban J connectivity index is 1.66. The van der Waals surface area contributed by atoms with Gasteiger partial charge in [-0.25, -0.2) is 13.1 Å². The van der Waals surface area contributed by atoms with E-state index in [1.165, 1.54) is 11.3 Å². The Bertz CT molecular complexity index is 873. The quantitative estimate of drug-likeness (QED) is 0.907. The van der Waals surface area contributed by atoms with Crippen molar-refractivity contribution in [1.82, 2.24) is 4.72 Å². The van der Waals surface area contributed by atoms with Crippen LogP contribution in [0.3, 0.4) is 0 Å². The molecule has 0 saturated heterocycles. The molecule has 2 heterocycles. The number of ether oxygens (including phenoxy) is 2. The van der Waals surface area contributed by atoms with Gasteiger partial charge in [0.15, 0.2) is 11.5 Å². The Kier molecular flexibility index (Phi) is 4.02. The van der Waals surface area contributed by atoms with Gasteiger partial charge in [-0.1, -0.05) is 0 Å². The maximum Gasteiger partial charge on any atom is 0.250 e. The first kappa shape index (κ1) is 15.9. The van der Waals surface area contributed by atoms with Gasteiger partial charge in [0.05, 0.1) is 0 Å². The van der Waals surface area contributed by atoms with Crippen LogP contribution < -0.4 is 14.2 Å². The molecule has 128 valence electrons. The van der Waals surface area contributed by atoms with E-state index in [9.17, 15) is 8.42 Å². The molecule has 5 nitrogen and oxygen atoms in total. The van der Waals surface area contributed by atoms with E-state index in [4.69, 9.17) is 9.47 Å². The first-order valence-electron chi connectivity index (χ1n) is 8.04. The molecule has 2 aliphatic rings. The minimum absolute atomic E-state index is 0.225. The van der Waals surface area contributed by atoms with Crippen molar-refractivity contribution in [3.8, 4) is 11.5 Å². The summed E-state index contributed by atoms with van der Waals surface area (Å²) in [5.74, 6) is 1.47. The fourth-order valence-electron chi connectivity index (χ4n) is 3.26. The Labute approximate surface area is 145 Å². The summed E-state index contributed by atoms with van der Waals surface area (Å²) in [5, 5.41) is 0. The normalized spacial score (nSPS) is 19.8. The van der Waals surface area contributed by atoms with E-state index in [1.54, 1.807) is 6.07 Å². The van der Waals surface area contributed by atoms with Crippen LogP contribution in [0.1, 0.15) is 34.9 Å². The first-order chi connectivity index (χ1) is 11.5. The molecule has 0 bridgehead atoms. The lowest BCUT2D eigenvalue weighted by Crippen LogP contribution is -2.31. The molecule has 1 N–H and O–H groups in total. The van der Waals surface area contributed by atoms with Gasteiger partial charge >= 0.3 is 0 Å². The number of benzene rings is 1. The zero-order valence-corrected chi connectivity index (χ0v) is 15.0. The van der Waals surface area contributed by atoms with E-state index in [1.807, 2.05) is 25.1 Å². The van der Waals surface area contributed by atoms with Gasteiger partial charge in [0.1, 0.15) is 17.4 Å². The van der Waals surface area contributed by atoms with Gasteiger partial charge in [-0.3, -0.25) is 0 Å². The number of hydrogen-bond acceptors (Lipinski definition) is 5. The second kappa shape index (κ2) is 6.06. The average Bonchev–Trinajstić information content (AvgIpc) is 3.01. The van der Waals surface area contributed by atoms with Crippen LogP contribution in [0.2, 0.25) is 0 Å². The van der Waals surface area contributed by atoms with Crippen molar-refractivity contribution in [1.29, 1.82) is 0 Å². The number of thiophene rings is 1. The molecule has 1 atom stereocenters. The molecule has 0 radical (unpaired) electrons. The minimum atomic E-state index is -3.51. The number of aryl methyl sites for hydroxylation is 2. The fraction of sp³-hybridized carbons (Fsp3) is 0.412. The van der Waals surface area contributed by atoms with Crippen LogP contribution in [0.15, 0.2) is 28.5 Å². The molecule has 0 spiro atoms. The average molecular weight is 365 g/mol. The lowest BCUT2D eigenvalue weighted by molar-refractivity contribution is 0.171. The molecule has 7 heteroatoms. The Morgan fingerprint density at radius 1 is 1.17 bits per heavy atom. The smallest absolute Gasteiger partial charge is 0.250 e. The molecule has 1 unspecified atom stereocenters. The van der Waals surface area contributed by atoms with Crippen LogP contribution in [0.5, 0.6) is 11.5 Å². The molecule has 24 heavy (non-hydrogen) atoms. The lowest BCUT2D eigenvalue weighted by atomic mass is 9.88. The molecule has 0 fully saturated rings. The predicted molar refractivity (Wildman–Crippen MR) is 92.5 cm³/mol. The molecule has 1 aliphatic carbocycles. The highest BCUT2D eigenvalue weighted by Gasteiger charge is 2.28. The number of sulfonamides is 1. The monoisotopic (exact) mass is 365 g/mol. The van der Waals surface area contributed by atoms with Crippen LogP contribution in [-0.2, 0) is 16.4 Å². The molecule has 1 aliphatic heterocycles. The SMILES string of the molecule is Cc1ccc(S(=O)(=O)NC2CCCc3cc4c(cc32)OCCO4)s1. The second-order valence-electron chi connectivity index (χ2n) is 6.13. The topological polar surface area (TPSA) is 64.6 Å². The summed E-state index contributed by atoms with van der Waals surface area (Å²) in [6.07, 6.45) is 2.67. The number of hydrogen-bond donors (Lipinski definition) is 1. The summed E-state index contributed by atoms with van der Waals surface area (Å²) in [7, 11) is -3.51. The van der Waals surface area contributed by atoms with Crippen LogP contribution >= 0.6 is 11.3 Å². The third-order valence-corrected chi connectivity index (χ3v) is 7.36. The van der Waals surface area contributed by atoms with Crippen molar-refractivity contribution in [2.45, 2.75) is 36.4 Å². The maximum absolute atomic E-state index is 12.7. The number of rotatable bonds is 3. The van der Waals surface area contributed by atoms with E-state index in [2.05, 4.69) is 4.72 Å². The number of fused-ring (bicyclic) bond motifs is 2. The zero-order chi connectivity index (χ0) is 16.7. The van der Waals surface area contributed by atoms with E-state index >= 15 is 0 Å². The Morgan fingerprint density at radius 2 is 1.92 bits per heavy atom. The van der Waals surface area contributed by atoms with Crippen LogP contribution in [0.25, 0.3) is 0 Å². The van der Waals surface area contributed by atoms with Crippen LogP contribution in [0.4, 0.5) is 0 Å². The van der Waals surface area contributed by atoms with E-state index in [0.717, 1.165) is 41.0 Å². The molecule has 0 amide bonds. The van der Waals surface area contributed by atoms with Crippen molar-refractivity contribution in [2.75, 3.05) is 13.2 Å². The summed E-state index contributed by atoms with van der Waals surface area (Å²) < 4.78 is 39.8. The molecule has 1 aromatic heterocycles. The summed E-state index contributed by atoms with van der Waals surface area (Å²) in [6.45, 7) is 2.99. The number of nitrogens with one attached hydrogen (secondary N) is 1. The third-order valence-electron chi connectivity index (χ3n) is 4.40. The van der Waals surface area contributed by atoms with Gasteiger partial charge in [-0.15, -0.1) is 11.3 Å². The molecular weight excluding hydrogens is 346 g/mol. The van der Waals surface area contributed by atoms with Gasteiger partial charge < -0.3 is 9.47 Å². The molecule has 1 aromatic carbocycles. The zero-order valence-electron chi connectivity index (χ0n) is 13.4. The summed E-state index contributed by atoms with van der Waals surface area (Å²) in [4.78, 5) is 0.985. The van der Waals surface area contributed by atoms with E-state index in [-0.39, 0.29) is 6.04 Å². The molecular formula is C17H19NO4S2. The van der Waals surface area contributed by atoms with Crippen LogP contribution in [0, 0.1) is 6.92 Å². The van der Waals surface area contributed by atoms with Crippen LogP contribution in [-0.4, -0.2) is 21.6 Å². The predicted octanol–water partition coefficient (Wildman–Crippen LogP) is 3.18. The summed E-state index contributed by atoms with van der Waals surface area (Å²) in [6, 6.07) is 7.21. The molecule has 2 aromatic rings. The highest BCUT2D eigenvalue weighted by Crippen LogP contribution is 2.40. The fourth-order valence-corrected chi connectivity index (χ4v) is 5.81. The highest BCUT2D eigenvalue weighted by atomic mass is 32.2. The highest BCUT2D eigenvalue weighted by molar-refractivity contribution is 7.91. The summed E-state index contributed by atoms with van der Waals surface area (Å²) >= 11 is 1.29.